The second-order valence-electron chi connectivity index (χ2n) is 3.40. The number of nitrogens with two attached hydrogens (primary N) is 1. The first-order valence-electron chi connectivity index (χ1n) is 4.77. The lowest BCUT2D eigenvalue weighted by molar-refractivity contribution is 0.242. The van der Waals surface area contributed by atoms with Gasteiger partial charge in [-0.15, -0.1) is 11.6 Å². The van der Waals surface area contributed by atoms with Crippen molar-refractivity contribution in [2.24, 2.45) is 10.7 Å². The molecule has 0 bridgehead atoms. The van der Waals surface area contributed by atoms with Gasteiger partial charge >= 0.3 is 0 Å². The highest BCUT2D eigenvalue weighted by molar-refractivity contribution is 6.28. The van der Waals surface area contributed by atoms with E-state index in [1.807, 2.05) is 38.1 Å². The molecule has 0 aromatic heterocycles. The number of nitrogens with zero attached hydrogens (tertiary/aromatic N) is 1. The van der Waals surface area contributed by atoms with E-state index in [9.17, 15) is 0 Å². The summed E-state index contributed by atoms with van der Waals surface area (Å²) in [5.41, 5.74) is 6.29. The van der Waals surface area contributed by atoms with Gasteiger partial charge in [-0.05, 0) is 38.1 Å². The third kappa shape index (κ3) is 4.21. The van der Waals surface area contributed by atoms with Crippen LogP contribution in [0.4, 0.5) is 5.69 Å². The van der Waals surface area contributed by atoms with Crippen molar-refractivity contribution in [3.63, 3.8) is 0 Å². The Morgan fingerprint density at radius 3 is 2.47 bits per heavy atom. The molecule has 0 atom stereocenters. The lowest BCUT2D eigenvalue weighted by Gasteiger charge is -2.09. The van der Waals surface area contributed by atoms with Gasteiger partial charge in [0.05, 0.1) is 17.7 Å². The van der Waals surface area contributed by atoms with Crippen LogP contribution in [0, 0.1) is 0 Å². The maximum Gasteiger partial charge on any atom is 0.119 e. The Morgan fingerprint density at radius 1 is 1.40 bits per heavy atom. The molecule has 15 heavy (non-hydrogen) atoms. The second kappa shape index (κ2) is 5.61. The number of ether oxygens (including phenoxy) is 1. The number of aliphatic imine (C=N–C) groups is 1. The van der Waals surface area contributed by atoms with Crippen LogP contribution in [-0.2, 0) is 0 Å². The predicted octanol–water partition coefficient (Wildman–Crippen LogP) is 2.70. The van der Waals surface area contributed by atoms with Gasteiger partial charge in [0.2, 0.25) is 0 Å². The molecule has 1 rings (SSSR count). The number of alkyl halides is 1. The molecule has 3 nitrogen and oxygen atoms in total. The van der Waals surface area contributed by atoms with Gasteiger partial charge in [-0.2, -0.15) is 0 Å². The number of hydrogen-bond donors (Lipinski definition) is 1. The molecule has 0 saturated heterocycles. The zero-order valence-electron chi connectivity index (χ0n) is 8.90. The summed E-state index contributed by atoms with van der Waals surface area (Å²) in [7, 11) is 0. The molecule has 0 heterocycles. The van der Waals surface area contributed by atoms with Crippen molar-refractivity contribution < 1.29 is 4.74 Å². The smallest absolute Gasteiger partial charge is 0.119 e. The van der Waals surface area contributed by atoms with E-state index >= 15 is 0 Å². The summed E-state index contributed by atoms with van der Waals surface area (Å²) in [6.45, 7) is 3.97. The Balaban J connectivity index is 2.72. The minimum Gasteiger partial charge on any atom is -0.491 e. The van der Waals surface area contributed by atoms with E-state index < -0.39 is 0 Å². The summed E-state index contributed by atoms with van der Waals surface area (Å²) in [5, 5.41) is 0. The van der Waals surface area contributed by atoms with Gasteiger partial charge in [-0.3, -0.25) is 0 Å². The number of benzene rings is 1. The van der Waals surface area contributed by atoms with Crippen LogP contribution >= 0.6 is 11.6 Å². The van der Waals surface area contributed by atoms with Crippen molar-refractivity contribution in [2.45, 2.75) is 20.0 Å². The summed E-state index contributed by atoms with van der Waals surface area (Å²) in [6.07, 6.45) is 0.173. The second-order valence-corrected chi connectivity index (χ2v) is 3.66. The molecular weight excluding hydrogens is 212 g/mol. The van der Waals surface area contributed by atoms with E-state index in [-0.39, 0.29) is 12.0 Å². The van der Waals surface area contributed by atoms with Crippen molar-refractivity contribution in [2.75, 3.05) is 5.88 Å². The molecule has 0 spiro atoms. The molecule has 0 amide bonds. The van der Waals surface area contributed by atoms with Crippen LogP contribution < -0.4 is 10.5 Å². The number of rotatable bonds is 4. The topological polar surface area (TPSA) is 47.6 Å². The van der Waals surface area contributed by atoms with Crippen LogP contribution in [0.15, 0.2) is 29.3 Å². The molecule has 0 fully saturated rings. The Kier molecular flexibility index (Phi) is 4.43. The Labute approximate surface area is 94.9 Å². The van der Waals surface area contributed by atoms with Gasteiger partial charge in [0, 0.05) is 0 Å². The summed E-state index contributed by atoms with van der Waals surface area (Å²) >= 11 is 5.52. The molecule has 0 aliphatic heterocycles. The molecule has 1 aromatic rings. The van der Waals surface area contributed by atoms with Crippen molar-refractivity contribution >= 4 is 23.1 Å². The summed E-state index contributed by atoms with van der Waals surface area (Å²) < 4.78 is 5.49. The molecule has 0 unspecified atom stereocenters. The number of amidine groups is 1. The highest BCUT2D eigenvalue weighted by Gasteiger charge is 1.97. The lowest BCUT2D eigenvalue weighted by Crippen LogP contribution is -2.12. The summed E-state index contributed by atoms with van der Waals surface area (Å²) in [6, 6.07) is 7.41. The van der Waals surface area contributed by atoms with Crippen molar-refractivity contribution in [1.29, 1.82) is 0 Å². The van der Waals surface area contributed by atoms with Crippen molar-refractivity contribution in [1.82, 2.24) is 0 Å². The molecule has 0 saturated carbocycles. The Hall–Kier alpha value is -1.22. The highest BCUT2D eigenvalue weighted by Crippen LogP contribution is 2.18. The van der Waals surface area contributed by atoms with Crippen molar-refractivity contribution in [3.05, 3.63) is 24.3 Å². The van der Waals surface area contributed by atoms with Crippen LogP contribution in [0.25, 0.3) is 0 Å². The SMILES string of the molecule is CC(C)Oc1ccc(N=C(N)CCl)cc1. The molecule has 82 valence electrons. The predicted molar refractivity (Wildman–Crippen MR) is 64.2 cm³/mol. The number of hydrogen-bond acceptors (Lipinski definition) is 2. The Bertz CT molecular complexity index is 333. The monoisotopic (exact) mass is 226 g/mol. The third-order valence-electron chi connectivity index (χ3n) is 1.62. The Morgan fingerprint density at radius 2 is 2.00 bits per heavy atom. The minimum atomic E-state index is 0.173. The van der Waals surface area contributed by atoms with Crippen LogP contribution in [0.3, 0.4) is 0 Å². The van der Waals surface area contributed by atoms with E-state index in [1.165, 1.54) is 0 Å². The fraction of sp³-hybridized carbons (Fsp3) is 0.364. The standard InChI is InChI=1S/C11H15ClN2O/c1-8(2)15-10-5-3-9(4-6-10)14-11(13)7-12/h3-6,8H,7H2,1-2H3,(H2,13,14). The molecule has 0 aliphatic carbocycles. The molecule has 1 aromatic carbocycles. The first-order chi connectivity index (χ1) is 7.11. The third-order valence-corrected chi connectivity index (χ3v) is 1.89. The first-order valence-corrected chi connectivity index (χ1v) is 5.31. The average Bonchev–Trinajstić information content (AvgIpc) is 2.20. The quantitative estimate of drug-likeness (QED) is 0.488. The maximum atomic E-state index is 5.52. The van der Waals surface area contributed by atoms with Crippen LogP contribution in [0.5, 0.6) is 5.75 Å². The zero-order chi connectivity index (χ0) is 11.3. The lowest BCUT2D eigenvalue weighted by atomic mass is 10.3. The van der Waals surface area contributed by atoms with Crippen LogP contribution in [0.1, 0.15) is 13.8 Å². The molecule has 0 radical (unpaired) electrons. The summed E-state index contributed by atoms with van der Waals surface area (Å²) in [5.74, 6) is 1.48. The maximum absolute atomic E-state index is 5.52. The zero-order valence-corrected chi connectivity index (χ0v) is 9.66. The summed E-state index contributed by atoms with van der Waals surface area (Å²) in [4.78, 5) is 4.10. The molecule has 0 aliphatic rings. The van der Waals surface area contributed by atoms with E-state index in [0.717, 1.165) is 11.4 Å². The van der Waals surface area contributed by atoms with Gasteiger partial charge in [0.15, 0.2) is 0 Å². The van der Waals surface area contributed by atoms with Gasteiger partial charge in [-0.1, -0.05) is 0 Å². The van der Waals surface area contributed by atoms with Gasteiger partial charge < -0.3 is 10.5 Å². The van der Waals surface area contributed by atoms with E-state index in [1.54, 1.807) is 0 Å². The van der Waals surface area contributed by atoms with E-state index in [0.29, 0.717) is 5.84 Å². The first kappa shape index (κ1) is 11.9. The molecule has 2 N–H and O–H groups in total. The van der Waals surface area contributed by atoms with Crippen molar-refractivity contribution in [3.8, 4) is 5.75 Å². The van der Waals surface area contributed by atoms with Crippen LogP contribution in [-0.4, -0.2) is 17.8 Å². The average molecular weight is 227 g/mol. The van der Waals surface area contributed by atoms with Gasteiger partial charge in [0.1, 0.15) is 11.6 Å². The highest BCUT2D eigenvalue weighted by atomic mass is 35.5. The van der Waals surface area contributed by atoms with E-state index in [2.05, 4.69) is 4.99 Å². The van der Waals surface area contributed by atoms with E-state index in [4.69, 9.17) is 22.1 Å². The molecule has 4 heteroatoms. The van der Waals surface area contributed by atoms with Gasteiger partial charge in [0.25, 0.3) is 0 Å². The van der Waals surface area contributed by atoms with Gasteiger partial charge in [-0.25, -0.2) is 4.99 Å². The fourth-order valence-electron chi connectivity index (χ4n) is 1.07. The minimum absolute atomic E-state index is 0.173. The normalized spacial score (nSPS) is 11.9. The molecular formula is C11H15ClN2O. The number of halogens is 1. The largest absolute Gasteiger partial charge is 0.491 e. The van der Waals surface area contributed by atoms with Crippen LogP contribution in [0.2, 0.25) is 0 Å². The fourth-order valence-corrected chi connectivity index (χ4v) is 1.13.